The molecule has 2 nitrogen and oxygen atoms in total. The Morgan fingerprint density at radius 2 is 2.07 bits per heavy atom. The van der Waals surface area contributed by atoms with E-state index in [9.17, 15) is 4.39 Å². The van der Waals surface area contributed by atoms with Crippen molar-refractivity contribution in [2.75, 3.05) is 6.61 Å². The molecule has 1 rings (SSSR count). The van der Waals surface area contributed by atoms with E-state index < -0.39 is 0 Å². The van der Waals surface area contributed by atoms with Crippen LogP contribution < -0.4 is 10.5 Å². The van der Waals surface area contributed by atoms with Crippen LogP contribution in [-0.2, 0) is 0 Å². The van der Waals surface area contributed by atoms with Crippen molar-refractivity contribution in [3.05, 3.63) is 29.6 Å². The van der Waals surface area contributed by atoms with E-state index in [-0.39, 0.29) is 17.6 Å². The molecule has 15 heavy (non-hydrogen) atoms. The number of nitrogens with two attached hydrogens (primary N) is 1. The van der Waals surface area contributed by atoms with E-state index in [0.29, 0.717) is 12.5 Å². The second kappa shape index (κ2) is 5.12. The maximum atomic E-state index is 13.3. The van der Waals surface area contributed by atoms with Gasteiger partial charge in [-0.05, 0) is 30.5 Å². The van der Waals surface area contributed by atoms with Crippen molar-refractivity contribution >= 4 is 0 Å². The lowest BCUT2D eigenvalue weighted by atomic mass is 10.1. The van der Waals surface area contributed by atoms with Crippen molar-refractivity contribution in [2.24, 2.45) is 11.7 Å². The fourth-order valence-electron chi connectivity index (χ4n) is 1.10. The van der Waals surface area contributed by atoms with Gasteiger partial charge in [0, 0.05) is 6.04 Å². The Bertz CT molecular complexity index is 325. The number of hydrogen-bond donors (Lipinski definition) is 1. The number of aryl methyl sites for hydroxylation is 1. The van der Waals surface area contributed by atoms with E-state index in [1.54, 1.807) is 12.1 Å². The lowest BCUT2D eigenvalue weighted by Crippen LogP contribution is -2.33. The van der Waals surface area contributed by atoms with Crippen LogP contribution in [0.4, 0.5) is 4.39 Å². The summed E-state index contributed by atoms with van der Waals surface area (Å²) in [5, 5.41) is 0. The summed E-state index contributed by atoms with van der Waals surface area (Å²) in [6.07, 6.45) is 0. The zero-order valence-electron chi connectivity index (χ0n) is 9.46. The molecule has 1 unspecified atom stereocenters. The third-order valence-electron chi connectivity index (χ3n) is 2.37. The van der Waals surface area contributed by atoms with Gasteiger partial charge in [0.1, 0.15) is 6.61 Å². The topological polar surface area (TPSA) is 35.2 Å². The molecule has 1 aromatic rings. The largest absolute Gasteiger partial charge is 0.489 e. The Morgan fingerprint density at radius 1 is 1.40 bits per heavy atom. The minimum absolute atomic E-state index is 0.0649. The maximum absolute atomic E-state index is 13.3. The van der Waals surface area contributed by atoms with Crippen LogP contribution in [0.2, 0.25) is 0 Å². The molecule has 0 amide bonds. The van der Waals surface area contributed by atoms with Crippen LogP contribution in [0.5, 0.6) is 5.75 Å². The van der Waals surface area contributed by atoms with Gasteiger partial charge in [0.15, 0.2) is 11.6 Å². The second-order valence-corrected chi connectivity index (χ2v) is 4.15. The Morgan fingerprint density at radius 3 is 2.67 bits per heavy atom. The molecular weight excluding hydrogens is 193 g/mol. The van der Waals surface area contributed by atoms with Crippen LogP contribution in [0.25, 0.3) is 0 Å². The number of hydrogen-bond acceptors (Lipinski definition) is 2. The van der Waals surface area contributed by atoms with Gasteiger partial charge < -0.3 is 10.5 Å². The summed E-state index contributed by atoms with van der Waals surface area (Å²) in [6, 6.07) is 4.74. The third kappa shape index (κ3) is 3.51. The first kappa shape index (κ1) is 12.0. The highest BCUT2D eigenvalue weighted by Gasteiger charge is 2.10. The predicted octanol–water partition coefficient (Wildman–Crippen LogP) is 2.50. The first-order valence-corrected chi connectivity index (χ1v) is 5.15. The van der Waals surface area contributed by atoms with Gasteiger partial charge in [-0.2, -0.15) is 0 Å². The molecule has 0 aromatic heterocycles. The molecule has 0 radical (unpaired) electrons. The lowest BCUT2D eigenvalue weighted by Gasteiger charge is -2.16. The summed E-state index contributed by atoms with van der Waals surface area (Å²) in [7, 11) is 0. The summed E-state index contributed by atoms with van der Waals surface area (Å²) in [4.78, 5) is 0. The van der Waals surface area contributed by atoms with E-state index in [1.165, 1.54) is 6.07 Å². The molecule has 0 spiro atoms. The second-order valence-electron chi connectivity index (χ2n) is 4.15. The van der Waals surface area contributed by atoms with Crippen LogP contribution in [-0.4, -0.2) is 12.6 Å². The molecule has 0 aliphatic carbocycles. The Labute approximate surface area is 90.2 Å². The van der Waals surface area contributed by atoms with Gasteiger partial charge >= 0.3 is 0 Å². The van der Waals surface area contributed by atoms with E-state index in [4.69, 9.17) is 10.5 Å². The van der Waals surface area contributed by atoms with E-state index >= 15 is 0 Å². The summed E-state index contributed by atoms with van der Waals surface area (Å²) < 4.78 is 18.6. The number of ether oxygens (including phenoxy) is 1. The highest BCUT2D eigenvalue weighted by molar-refractivity contribution is 5.29. The molecule has 1 atom stereocenters. The molecule has 0 aliphatic rings. The van der Waals surface area contributed by atoms with Crippen molar-refractivity contribution in [3.63, 3.8) is 0 Å². The fourth-order valence-corrected chi connectivity index (χ4v) is 1.10. The van der Waals surface area contributed by atoms with Crippen LogP contribution in [0, 0.1) is 18.7 Å². The molecule has 0 saturated carbocycles. The normalized spacial score (nSPS) is 12.9. The van der Waals surface area contributed by atoms with Crippen molar-refractivity contribution in [2.45, 2.75) is 26.8 Å². The fraction of sp³-hybridized carbons (Fsp3) is 0.500. The molecule has 84 valence electrons. The Kier molecular flexibility index (Phi) is 4.09. The average Bonchev–Trinajstić information content (AvgIpc) is 2.18. The van der Waals surface area contributed by atoms with Gasteiger partial charge in [0.2, 0.25) is 0 Å². The summed E-state index contributed by atoms with van der Waals surface area (Å²) in [6.45, 7) is 6.27. The van der Waals surface area contributed by atoms with Crippen molar-refractivity contribution in [3.8, 4) is 5.75 Å². The van der Waals surface area contributed by atoms with Crippen LogP contribution in [0.15, 0.2) is 18.2 Å². The predicted molar refractivity (Wildman–Crippen MR) is 59.4 cm³/mol. The molecule has 0 fully saturated rings. The smallest absolute Gasteiger partial charge is 0.165 e. The average molecular weight is 211 g/mol. The summed E-state index contributed by atoms with van der Waals surface area (Å²) >= 11 is 0. The maximum Gasteiger partial charge on any atom is 0.165 e. The minimum atomic E-state index is -0.337. The molecule has 1 aromatic carbocycles. The van der Waals surface area contributed by atoms with E-state index in [2.05, 4.69) is 0 Å². The van der Waals surface area contributed by atoms with Crippen LogP contribution in [0.3, 0.4) is 0 Å². The van der Waals surface area contributed by atoms with E-state index in [0.717, 1.165) is 5.56 Å². The standard InChI is InChI=1S/C12H18FNO/c1-8(2)11(14)7-15-12-6-9(3)4-5-10(12)13/h4-6,8,11H,7,14H2,1-3H3. The number of rotatable bonds is 4. The van der Waals surface area contributed by atoms with E-state index in [1.807, 2.05) is 20.8 Å². The van der Waals surface area contributed by atoms with Gasteiger partial charge in [-0.3, -0.25) is 0 Å². The quantitative estimate of drug-likeness (QED) is 0.830. The zero-order chi connectivity index (χ0) is 11.4. The molecular formula is C12H18FNO. The first-order chi connectivity index (χ1) is 7.00. The van der Waals surface area contributed by atoms with Gasteiger partial charge in [-0.25, -0.2) is 4.39 Å². The Hall–Kier alpha value is -1.09. The van der Waals surface area contributed by atoms with Crippen LogP contribution >= 0.6 is 0 Å². The highest BCUT2D eigenvalue weighted by Crippen LogP contribution is 2.18. The van der Waals surface area contributed by atoms with Crippen molar-refractivity contribution in [1.29, 1.82) is 0 Å². The molecule has 2 N–H and O–H groups in total. The number of benzene rings is 1. The molecule has 0 aliphatic heterocycles. The van der Waals surface area contributed by atoms with Gasteiger partial charge in [-0.1, -0.05) is 19.9 Å². The molecule has 0 saturated heterocycles. The van der Waals surface area contributed by atoms with Crippen molar-refractivity contribution < 1.29 is 9.13 Å². The molecule has 0 bridgehead atoms. The Balaban J connectivity index is 2.61. The number of halogens is 1. The minimum Gasteiger partial charge on any atom is -0.489 e. The van der Waals surface area contributed by atoms with Gasteiger partial charge in [0.05, 0.1) is 0 Å². The van der Waals surface area contributed by atoms with Gasteiger partial charge in [0.25, 0.3) is 0 Å². The third-order valence-corrected chi connectivity index (χ3v) is 2.37. The van der Waals surface area contributed by atoms with Crippen LogP contribution in [0.1, 0.15) is 19.4 Å². The summed E-state index contributed by atoms with van der Waals surface area (Å²) in [5.41, 5.74) is 6.78. The van der Waals surface area contributed by atoms with Crippen molar-refractivity contribution in [1.82, 2.24) is 0 Å². The van der Waals surface area contributed by atoms with Gasteiger partial charge in [-0.15, -0.1) is 0 Å². The zero-order valence-corrected chi connectivity index (χ0v) is 9.46. The summed E-state index contributed by atoms with van der Waals surface area (Å²) in [5.74, 6) is 0.278. The highest BCUT2D eigenvalue weighted by atomic mass is 19.1. The molecule has 0 heterocycles. The lowest BCUT2D eigenvalue weighted by molar-refractivity contribution is 0.249. The SMILES string of the molecule is Cc1ccc(F)c(OCC(N)C(C)C)c1. The monoisotopic (exact) mass is 211 g/mol. The molecule has 3 heteroatoms. The first-order valence-electron chi connectivity index (χ1n) is 5.15.